The molecular formula is C25H32N4O4. The molecule has 2 aromatic heterocycles. The predicted octanol–water partition coefficient (Wildman–Crippen LogP) is 1.56. The van der Waals surface area contributed by atoms with E-state index in [0.29, 0.717) is 30.8 Å². The lowest BCUT2D eigenvalue weighted by Gasteiger charge is -2.37. The van der Waals surface area contributed by atoms with Crippen molar-refractivity contribution in [3.8, 4) is 17.7 Å². The smallest absolute Gasteiger partial charge is 0.259 e. The Bertz CT molecular complexity index is 1000. The van der Waals surface area contributed by atoms with Gasteiger partial charge in [-0.05, 0) is 39.1 Å². The number of amides is 1. The molecule has 1 aliphatic rings. The van der Waals surface area contributed by atoms with Crippen LogP contribution in [-0.4, -0.2) is 80.9 Å². The molecular weight excluding hydrogens is 420 g/mol. The number of hydrogen-bond acceptors (Lipinski definition) is 7. The molecule has 3 rings (SSSR count). The molecule has 0 saturated carbocycles. The Hall–Kier alpha value is -2.99. The number of aliphatic hydroxyl groups excluding tert-OH is 2. The van der Waals surface area contributed by atoms with Crippen molar-refractivity contribution in [3.05, 3.63) is 53.5 Å². The minimum Gasteiger partial charge on any atom is -0.472 e. The standard InChI is InChI=1S/C25H32N4O4/c1-17-13-29(18(2)16-30)25(32)22-11-20(9-8-19(3)31)12-27-24(22)33-23(17)15-28(4)14-21-7-5-6-10-26-21/h5-7,10-12,17-19,23,30-31H,13-16H2,1-4H3/t17-,18-,19-,23+/m1/s1. The van der Waals surface area contributed by atoms with E-state index in [9.17, 15) is 15.0 Å². The molecule has 0 spiro atoms. The second-order valence-corrected chi connectivity index (χ2v) is 8.66. The summed E-state index contributed by atoms with van der Waals surface area (Å²) >= 11 is 0. The van der Waals surface area contributed by atoms with Gasteiger partial charge >= 0.3 is 0 Å². The molecule has 176 valence electrons. The normalized spacial score (nSPS) is 20.1. The van der Waals surface area contributed by atoms with Crippen LogP contribution in [0.5, 0.6) is 5.88 Å². The summed E-state index contributed by atoms with van der Waals surface area (Å²) in [7, 11) is 2.01. The van der Waals surface area contributed by atoms with Crippen LogP contribution in [0, 0.1) is 17.8 Å². The van der Waals surface area contributed by atoms with Gasteiger partial charge < -0.3 is 19.8 Å². The number of aliphatic hydroxyl groups is 2. The van der Waals surface area contributed by atoms with Gasteiger partial charge in [0.25, 0.3) is 5.91 Å². The van der Waals surface area contributed by atoms with Crippen LogP contribution < -0.4 is 4.74 Å². The van der Waals surface area contributed by atoms with E-state index in [4.69, 9.17) is 4.74 Å². The number of hydrogen-bond donors (Lipinski definition) is 2. The fraction of sp³-hybridized carbons (Fsp3) is 0.480. The monoisotopic (exact) mass is 452 g/mol. The van der Waals surface area contributed by atoms with Crippen LogP contribution in [0.1, 0.15) is 42.4 Å². The molecule has 8 nitrogen and oxygen atoms in total. The quantitative estimate of drug-likeness (QED) is 0.642. The van der Waals surface area contributed by atoms with E-state index in [1.165, 1.54) is 0 Å². The van der Waals surface area contributed by atoms with Gasteiger partial charge in [0, 0.05) is 43.5 Å². The Kier molecular flexibility index (Phi) is 8.39. The number of carbonyl (C=O) groups excluding carboxylic acids is 1. The minimum absolute atomic E-state index is 0.00112. The van der Waals surface area contributed by atoms with Crippen molar-refractivity contribution in [1.29, 1.82) is 0 Å². The van der Waals surface area contributed by atoms with E-state index in [2.05, 4.69) is 26.7 Å². The molecule has 2 N–H and O–H groups in total. The number of nitrogens with zero attached hydrogens (tertiary/aromatic N) is 4. The number of likely N-dealkylation sites (N-methyl/N-ethyl adjacent to an activating group) is 1. The van der Waals surface area contributed by atoms with Gasteiger partial charge in [0.2, 0.25) is 5.88 Å². The summed E-state index contributed by atoms with van der Waals surface area (Å²) < 4.78 is 6.29. The molecule has 33 heavy (non-hydrogen) atoms. The molecule has 0 aromatic carbocycles. The van der Waals surface area contributed by atoms with Gasteiger partial charge in [-0.2, -0.15) is 0 Å². The Balaban J connectivity index is 1.91. The van der Waals surface area contributed by atoms with Crippen molar-refractivity contribution in [1.82, 2.24) is 19.8 Å². The highest BCUT2D eigenvalue weighted by Crippen LogP contribution is 2.27. The molecule has 0 bridgehead atoms. The minimum atomic E-state index is -0.787. The molecule has 4 atom stereocenters. The fourth-order valence-electron chi connectivity index (χ4n) is 3.72. The molecule has 1 aliphatic heterocycles. The number of pyridine rings is 2. The molecule has 1 amide bonds. The highest BCUT2D eigenvalue weighted by molar-refractivity contribution is 5.97. The van der Waals surface area contributed by atoms with E-state index >= 15 is 0 Å². The third-order valence-corrected chi connectivity index (χ3v) is 5.60. The summed E-state index contributed by atoms with van der Waals surface area (Å²) in [5.41, 5.74) is 1.78. The van der Waals surface area contributed by atoms with Crippen LogP contribution in [0.25, 0.3) is 0 Å². The SMILES string of the molecule is C[C@@H]1CN([C@H](C)CO)C(=O)c2cc(C#C[C@@H](C)O)cnc2O[C@H]1CN(C)Cc1ccccn1. The zero-order chi connectivity index (χ0) is 24.0. The molecule has 0 unspecified atom stereocenters. The Morgan fingerprint density at radius 1 is 1.33 bits per heavy atom. The molecule has 2 aromatic rings. The highest BCUT2D eigenvalue weighted by Gasteiger charge is 2.34. The second kappa shape index (κ2) is 11.2. The number of ether oxygens (including phenoxy) is 1. The lowest BCUT2D eigenvalue weighted by Crippen LogP contribution is -2.49. The highest BCUT2D eigenvalue weighted by atomic mass is 16.5. The largest absolute Gasteiger partial charge is 0.472 e. The van der Waals surface area contributed by atoms with Crippen molar-refractivity contribution in [2.45, 2.75) is 45.6 Å². The maximum atomic E-state index is 13.4. The first-order chi connectivity index (χ1) is 15.8. The van der Waals surface area contributed by atoms with Crippen molar-refractivity contribution >= 4 is 5.91 Å². The van der Waals surface area contributed by atoms with Crippen molar-refractivity contribution in [2.24, 2.45) is 5.92 Å². The maximum Gasteiger partial charge on any atom is 0.259 e. The first kappa shape index (κ1) is 24.6. The van der Waals surface area contributed by atoms with Crippen LogP contribution in [-0.2, 0) is 6.54 Å². The third kappa shape index (κ3) is 6.51. The lowest BCUT2D eigenvalue weighted by molar-refractivity contribution is 0.0324. The first-order valence-electron chi connectivity index (χ1n) is 11.1. The van der Waals surface area contributed by atoms with Gasteiger partial charge in [0.05, 0.1) is 18.3 Å². The van der Waals surface area contributed by atoms with Gasteiger partial charge in [-0.3, -0.25) is 14.7 Å². The fourth-order valence-corrected chi connectivity index (χ4v) is 3.72. The van der Waals surface area contributed by atoms with Gasteiger partial charge in [-0.25, -0.2) is 4.98 Å². The Morgan fingerprint density at radius 2 is 2.12 bits per heavy atom. The molecule has 0 fully saturated rings. The van der Waals surface area contributed by atoms with Crippen LogP contribution in [0.3, 0.4) is 0 Å². The average Bonchev–Trinajstić information content (AvgIpc) is 2.80. The van der Waals surface area contributed by atoms with Gasteiger partial charge in [-0.1, -0.05) is 24.8 Å². The summed E-state index contributed by atoms with van der Waals surface area (Å²) in [6, 6.07) is 7.12. The molecule has 0 saturated heterocycles. The summed E-state index contributed by atoms with van der Waals surface area (Å²) in [6.45, 7) is 6.99. The molecule has 0 radical (unpaired) electrons. The van der Waals surface area contributed by atoms with E-state index < -0.39 is 6.10 Å². The number of aromatic nitrogens is 2. The predicted molar refractivity (Wildman–Crippen MR) is 125 cm³/mol. The maximum absolute atomic E-state index is 13.4. The summed E-state index contributed by atoms with van der Waals surface area (Å²) in [6.07, 6.45) is 2.30. The molecule has 3 heterocycles. The second-order valence-electron chi connectivity index (χ2n) is 8.66. The lowest BCUT2D eigenvalue weighted by atomic mass is 10.00. The summed E-state index contributed by atoms with van der Waals surface area (Å²) in [5.74, 6) is 5.50. The van der Waals surface area contributed by atoms with Crippen molar-refractivity contribution in [2.75, 3.05) is 26.7 Å². The van der Waals surface area contributed by atoms with Crippen molar-refractivity contribution < 1.29 is 19.7 Å². The molecule has 8 heteroatoms. The van der Waals surface area contributed by atoms with E-state index in [1.807, 2.05) is 39.1 Å². The van der Waals surface area contributed by atoms with Gasteiger partial charge in [0.1, 0.15) is 17.8 Å². The molecule has 0 aliphatic carbocycles. The van der Waals surface area contributed by atoms with E-state index in [-0.39, 0.29) is 36.5 Å². The average molecular weight is 453 g/mol. The van der Waals surface area contributed by atoms with E-state index in [1.54, 1.807) is 30.3 Å². The van der Waals surface area contributed by atoms with Gasteiger partial charge in [-0.15, -0.1) is 0 Å². The zero-order valence-corrected chi connectivity index (χ0v) is 19.6. The topological polar surface area (TPSA) is 99.0 Å². The summed E-state index contributed by atoms with van der Waals surface area (Å²) in [5, 5.41) is 19.2. The summed E-state index contributed by atoms with van der Waals surface area (Å²) in [4.78, 5) is 26.0. The van der Waals surface area contributed by atoms with Gasteiger partial charge in [0.15, 0.2) is 0 Å². The van der Waals surface area contributed by atoms with Crippen LogP contribution in [0.15, 0.2) is 36.7 Å². The van der Waals surface area contributed by atoms with Crippen LogP contribution in [0.4, 0.5) is 0 Å². The zero-order valence-electron chi connectivity index (χ0n) is 19.6. The first-order valence-corrected chi connectivity index (χ1v) is 11.1. The van der Waals surface area contributed by atoms with Crippen molar-refractivity contribution in [3.63, 3.8) is 0 Å². The number of fused-ring (bicyclic) bond motifs is 1. The number of rotatable bonds is 6. The number of carbonyl (C=O) groups is 1. The van der Waals surface area contributed by atoms with Crippen LogP contribution in [0.2, 0.25) is 0 Å². The third-order valence-electron chi connectivity index (χ3n) is 5.60. The Morgan fingerprint density at radius 3 is 2.79 bits per heavy atom. The van der Waals surface area contributed by atoms with Crippen LogP contribution >= 0.6 is 0 Å². The Labute approximate surface area is 195 Å². The van der Waals surface area contributed by atoms with E-state index in [0.717, 1.165) is 5.69 Å².